The molecule has 0 radical (unpaired) electrons. The molecule has 0 N–H and O–H groups in total. The fourth-order valence-corrected chi connectivity index (χ4v) is 0.481. The standard InChI is InChI=1S/C6H13NO2/c1-4-9-6(5-8)7(2)3/h5-6H,4H2,1-3H3. The molecule has 0 bridgehead atoms. The van der Waals surface area contributed by atoms with Crippen LogP contribution in [0.3, 0.4) is 0 Å². The van der Waals surface area contributed by atoms with Gasteiger partial charge in [0.2, 0.25) is 0 Å². The van der Waals surface area contributed by atoms with Crippen molar-refractivity contribution in [2.24, 2.45) is 0 Å². The molecule has 0 saturated carbocycles. The monoisotopic (exact) mass is 131 g/mol. The predicted molar refractivity (Wildman–Crippen MR) is 35.2 cm³/mol. The third-order valence-corrected chi connectivity index (χ3v) is 0.963. The van der Waals surface area contributed by atoms with Crippen molar-refractivity contribution < 1.29 is 9.53 Å². The molecule has 0 spiro atoms. The molecule has 54 valence electrons. The lowest BCUT2D eigenvalue weighted by Gasteiger charge is -2.17. The maximum Gasteiger partial charge on any atom is 0.166 e. The molecule has 0 aromatic heterocycles. The zero-order valence-corrected chi connectivity index (χ0v) is 6.13. The van der Waals surface area contributed by atoms with Crippen molar-refractivity contribution in [2.45, 2.75) is 13.2 Å². The minimum absolute atomic E-state index is 0.380. The van der Waals surface area contributed by atoms with Crippen LogP contribution in [0.4, 0.5) is 0 Å². The quantitative estimate of drug-likeness (QED) is 0.400. The lowest BCUT2D eigenvalue weighted by atomic mass is 10.6. The summed E-state index contributed by atoms with van der Waals surface area (Å²) in [4.78, 5) is 11.9. The molecule has 0 rings (SSSR count). The van der Waals surface area contributed by atoms with Crippen LogP contribution in [0, 0.1) is 0 Å². The Morgan fingerprint density at radius 1 is 1.67 bits per heavy atom. The van der Waals surface area contributed by atoms with E-state index in [4.69, 9.17) is 4.74 Å². The van der Waals surface area contributed by atoms with Gasteiger partial charge in [0.15, 0.2) is 12.5 Å². The van der Waals surface area contributed by atoms with Gasteiger partial charge in [-0.05, 0) is 21.0 Å². The largest absolute Gasteiger partial charge is 0.356 e. The Balaban J connectivity index is 3.54. The highest BCUT2D eigenvalue weighted by molar-refractivity contribution is 5.55. The van der Waals surface area contributed by atoms with Crippen molar-refractivity contribution >= 4 is 6.29 Å². The molecule has 0 aliphatic carbocycles. The molecule has 1 unspecified atom stereocenters. The molecule has 9 heavy (non-hydrogen) atoms. The van der Waals surface area contributed by atoms with E-state index in [0.29, 0.717) is 6.61 Å². The van der Waals surface area contributed by atoms with E-state index in [1.165, 1.54) is 0 Å². The van der Waals surface area contributed by atoms with E-state index in [1.54, 1.807) is 19.0 Å². The smallest absolute Gasteiger partial charge is 0.166 e. The van der Waals surface area contributed by atoms with Crippen LogP contribution in [-0.2, 0) is 9.53 Å². The van der Waals surface area contributed by atoms with E-state index >= 15 is 0 Å². The maximum absolute atomic E-state index is 10.2. The number of hydrogen-bond donors (Lipinski definition) is 0. The van der Waals surface area contributed by atoms with Crippen LogP contribution in [0.1, 0.15) is 6.92 Å². The van der Waals surface area contributed by atoms with E-state index in [2.05, 4.69) is 0 Å². The first-order valence-electron chi connectivity index (χ1n) is 2.95. The lowest BCUT2D eigenvalue weighted by molar-refractivity contribution is -0.127. The third-order valence-electron chi connectivity index (χ3n) is 0.963. The number of nitrogens with zero attached hydrogens (tertiary/aromatic N) is 1. The molecule has 3 heteroatoms. The van der Waals surface area contributed by atoms with E-state index in [1.807, 2.05) is 6.92 Å². The number of carbonyl (C=O) groups excluding carboxylic acids is 1. The van der Waals surface area contributed by atoms with Crippen LogP contribution in [0.5, 0.6) is 0 Å². The molecule has 0 amide bonds. The summed E-state index contributed by atoms with van der Waals surface area (Å²) in [5.74, 6) is 0. The van der Waals surface area contributed by atoms with Gasteiger partial charge in [-0.25, -0.2) is 0 Å². The summed E-state index contributed by atoms with van der Waals surface area (Å²) in [7, 11) is 3.60. The second kappa shape index (κ2) is 4.47. The molecular formula is C6H13NO2. The predicted octanol–water partition coefficient (Wildman–Crippen LogP) is 0.109. The van der Waals surface area contributed by atoms with E-state index < -0.39 is 0 Å². The molecule has 0 aromatic carbocycles. The Labute approximate surface area is 55.6 Å². The fraction of sp³-hybridized carbons (Fsp3) is 0.833. The Bertz CT molecular complexity index is 83.1. The van der Waals surface area contributed by atoms with Crippen molar-refractivity contribution in [3.05, 3.63) is 0 Å². The van der Waals surface area contributed by atoms with Crippen LogP contribution < -0.4 is 0 Å². The highest BCUT2D eigenvalue weighted by Gasteiger charge is 2.06. The molecule has 0 aliphatic heterocycles. The van der Waals surface area contributed by atoms with Crippen LogP contribution in [-0.4, -0.2) is 38.1 Å². The van der Waals surface area contributed by atoms with Gasteiger partial charge in [-0.1, -0.05) is 0 Å². The molecule has 1 atom stereocenters. The number of ether oxygens (including phenoxy) is 1. The number of hydrogen-bond acceptors (Lipinski definition) is 3. The van der Waals surface area contributed by atoms with Gasteiger partial charge in [0.1, 0.15) is 0 Å². The fourth-order valence-electron chi connectivity index (χ4n) is 0.481. The van der Waals surface area contributed by atoms with Gasteiger partial charge in [-0.3, -0.25) is 9.69 Å². The minimum Gasteiger partial charge on any atom is -0.356 e. The average Bonchev–Trinajstić information content (AvgIpc) is 1.82. The SMILES string of the molecule is CCOC(C=O)N(C)C. The zero-order chi connectivity index (χ0) is 7.28. The van der Waals surface area contributed by atoms with Crippen LogP contribution in [0.15, 0.2) is 0 Å². The molecule has 3 nitrogen and oxygen atoms in total. The van der Waals surface area contributed by atoms with Gasteiger partial charge in [-0.2, -0.15) is 0 Å². The maximum atomic E-state index is 10.2. The molecule has 0 aromatic rings. The number of carbonyl (C=O) groups is 1. The van der Waals surface area contributed by atoms with Crippen molar-refractivity contribution in [2.75, 3.05) is 20.7 Å². The average molecular weight is 131 g/mol. The van der Waals surface area contributed by atoms with Gasteiger partial charge in [-0.15, -0.1) is 0 Å². The third kappa shape index (κ3) is 3.21. The van der Waals surface area contributed by atoms with Crippen molar-refractivity contribution in [3.8, 4) is 0 Å². The summed E-state index contributed by atoms with van der Waals surface area (Å²) in [6.07, 6.45) is 0.402. The molecule has 0 saturated heterocycles. The van der Waals surface area contributed by atoms with Gasteiger partial charge in [0, 0.05) is 6.61 Å². The Kier molecular flexibility index (Phi) is 4.26. The van der Waals surface area contributed by atoms with Crippen molar-refractivity contribution in [1.82, 2.24) is 4.90 Å². The van der Waals surface area contributed by atoms with Crippen LogP contribution >= 0.6 is 0 Å². The number of rotatable bonds is 4. The minimum atomic E-state index is -0.380. The number of aldehydes is 1. The first-order valence-corrected chi connectivity index (χ1v) is 2.95. The Morgan fingerprint density at radius 2 is 2.22 bits per heavy atom. The molecule has 0 heterocycles. The van der Waals surface area contributed by atoms with Gasteiger partial charge in [0.25, 0.3) is 0 Å². The van der Waals surface area contributed by atoms with Gasteiger partial charge in [0.05, 0.1) is 0 Å². The van der Waals surface area contributed by atoms with Crippen molar-refractivity contribution in [1.29, 1.82) is 0 Å². The summed E-state index contributed by atoms with van der Waals surface area (Å²) in [6, 6.07) is 0. The molecular weight excluding hydrogens is 118 g/mol. The first kappa shape index (κ1) is 8.59. The summed E-state index contributed by atoms with van der Waals surface area (Å²) in [5, 5.41) is 0. The summed E-state index contributed by atoms with van der Waals surface area (Å²) in [5.41, 5.74) is 0. The highest BCUT2D eigenvalue weighted by Crippen LogP contribution is 1.89. The second-order valence-electron chi connectivity index (χ2n) is 1.95. The normalized spacial score (nSPS) is 13.8. The summed E-state index contributed by atoms with van der Waals surface area (Å²) >= 11 is 0. The Hall–Kier alpha value is -0.410. The summed E-state index contributed by atoms with van der Waals surface area (Å²) < 4.78 is 5.01. The van der Waals surface area contributed by atoms with Gasteiger partial charge >= 0.3 is 0 Å². The van der Waals surface area contributed by atoms with Crippen molar-refractivity contribution in [3.63, 3.8) is 0 Å². The second-order valence-corrected chi connectivity index (χ2v) is 1.95. The van der Waals surface area contributed by atoms with E-state index in [9.17, 15) is 4.79 Å². The number of likely N-dealkylation sites (N-methyl/N-ethyl adjacent to an activating group) is 1. The van der Waals surface area contributed by atoms with Crippen LogP contribution in [0.2, 0.25) is 0 Å². The first-order chi connectivity index (χ1) is 4.22. The molecule has 0 aliphatic rings. The topological polar surface area (TPSA) is 29.5 Å². The van der Waals surface area contributed by atoms with Crippen LogP contribution in [0.25, 0.3) is 0 Å². The summed E-state index contributed by atoms with van der Waals surface area (Å²) in [6.45, 7) is 2.43. The Morgan fingerprint density at radius 3 is 2.33 bits per heavy atom. The highest BCUT2D eigenvalue weighted by atomic mass is 16.5. The molecule has 0 fully saturated rings. The van der Waals surface area contributed by atoms with E-state index in [0.717, 1.165) is 6.29 Å². The zero-order valence-electron chi connectivity index (χ0n) is 6.13. The van der Waals surface area contributed by atoms with Gasteiger partial charge < -0.3 is 4.74 Å². The van der Waals surface area contributed by atoms with E-state index in [-0.39, 0.29) is 6.23 Å². The lowest BCUT2D eigenvalue weighted by Crippen LogP contribution is -2.31.